The van der Waals surface area contributed by atoms with Gasteiger partial charge < -0.3 is 10.0 Å². The first-order valence-electron chi connectivity index (χ1n) is 9.65. The molecule has 1 fully saturated rings. The van der Waals surface area contributed by atoms with Crippen molar-refractivity contribution in [3.8, 4) is 0 Å². The lowest BCUT2D eigenvalue weighted by molar-refractivity contribution is -0.192. The number of urea groups is 1. The first-order chi connectivity index (χ1) is 16.4. The molecule has 0 radical (unpaired) electrons. The third kappa shape index (κ3) is 6.10. The molecule has 1 saturated heterocycles. The van der Waals surface area contributed by atoms with Gasteiger partial charge in [0.1, 0.15) is 4.99 Å². The highest BCUT2D eigenvalue weighted by molar-refractivity contribution is 7.92. The first-order valence-corrected chi connectivity index (χ1v) is 11.5. The summed E-state index contributed by atoms with van der Waals surface area (Å²) >= 11 is 5.37. The Morgan fingerprint density at radius 1 is 1.11 bits per heavy atom. The molecule has 3 rings (SSSR count). The van der Waals surface area contributed by atoms with Gasteiger partial charge in [0, 0.05) is 18.9 Å². The van der Waals surface area contributed by atoms with Gasteiger partial charge in [-0.3, -0.25) is 9.88 Å². The van der Waals surface area contributed by atoms with Gasteiger partial charge in [-0.05, 0) is 55.3 Å². The lowest BCUT2D eigenvalue weighted by Gasteiger charge is -2.21. The number of aliphatic carboxylic acids is 1. The highest BCUT2D eigenvalue weighted by Gasteiger charge is 2.47. The molecule has 1 aliphatic heterocycles. The largest absolute Gasteiger partial charge is 0.501 e. The van der Waals surface area contributed by atoms with Gasteiger partial charge in [0.05, 0.1) is 16.6 Å². The van der Waals surface area contributed by atoms with Gasteiger partial charge in [0.25, 0.3) is 9.84 Å². The van der Waals surface area contributed by atoms with Crippen molar-refractivity contribution in [3.63, 3.8) is 0 Å². The number of hydrogen-bond acceptors (Lipinski definition) is 6. The van der Waals surface area contributed by atoms with E-state index in [0.717, 1.165) is 35.4 Å². The fourth-order valence-electron chi connectivity index (χ4n) is 2.92. The molecule has 0 bridgehead atoms. The Morgan fingerprint density at radius 2 is 1.64 bits per heavy atom. The molecule has 36 heavy (non-hydrogen) atoms. The van der Waals surface area contributed by atoms with Crippen molar-refractivity contribution in [2.24, 2.45) is 0 Å². The molecule has 2 aromatic rings. The minimum Gasteiger partial charge on any atom is -0.475 e. The zero-order valence-corrected chi connectivity index (χ0v) is 20.0. The number of nitrogens with zero attached hydrogens (tertiary/aromatic N) is 3. The van der Waals surface area contributed by atoms with Crippen LogP contribution in [0.3, 0.4) is 0 Å². The average Bonchev–Trinajstić information content (AvgIpc) is 2.97. The molecule has 8 nitrogen and oxygen atoms in total. The Morgan fingerprint density at radius 3 is 2.08 bits per heavy atom. The molecule has 1 N–H and O–H groups in total. The number of sulfone groups is 1. The highest BCUT2D eigenvalue weighted by atomic mass is 32.2. The number of carbonyl (C=O) groups is 2. The molecule has 1 aliphatic rings. The van der Waals surface area contributed by atoms with Gasteiger partial charge in [0.2, 0.25) is 0 Å². The standard InChI is InChI=1S/C18H16F3N3O3S2.C2HF3O2/c1-11-9-22-8-7-13(11)10-23-12(2)16(28)24(17(23)25)14-3-5-15(6-4-14)29(26,27)18(19,20)21;3-2(4,5)1(6)7/h3-9,12H,10H2,1-2H3;(H,6,7)/t12-;/m1./s1. The number of amides is 2. The van der Waals surface area contributed by atoms with Crippen molar-refractivity contribution in [2.45, 2.75) is 43.0 Å². The molecule has 2 heterocycles. The minimum atomic E-state index is -5.46. The Hall–Kier alpha value is -3.27. The van der Waals surface area contributed by atoms with E-state index in [9.17, 15) is 39.6 Å². The summed E-state index contributed by atoms with van der Waals surface area (Å²) < 4.78 is 92.9. The summed E-state index contributed by atoms with van der Waals surface area (Å²) in [6.07, 6.45) is -1.79. The molecule has 0 spiro atoms. The number of carboxylic acids is 1. The van der Waals surface area contributed by atoms with Gasteiger partial charge in [-0.25, -0.2) is 18.0 Å². The zero-order valence-electron chi connectivity index (χ0n) is 18.3. The van der Waals surface area contributed by atoms with Gasteiger partial charge in [0.15, 0.2) is 0 Å². The molecule has 16 heteroatoms. The van der Waals surface area contributed by atoms with Crippen LogP contribution in [0.1, 0.15) is 18.1 Å². The number of anilines is 1. The fraction of sp³-hybridized carbons (Fsp3) is 0.300. The normalized spacial score (nSPS) is 16.6. The smallest absolute Gasteiger partial charge is 0.475 e. The molecule has 2 amide bonds. The molecule has 196 valence electrons. The van der Waals surface area contributed by atoms with Crippen molar-refractivity contribution in [2.75, 3.05) is 4.90 Å². The number of pyridine rings is 1. The van der Waals surface area contributed by atoms with E-state index in [-0.39, 0.29) is 17.2 Å². The van der Waals surface area contributed by atoms with Crippen molar-refractivity contribution in [1.29, 1.82) is 0 Å². The van der Waals surface area contributed by atoms with E-state index in [0.29, 0.717) is 0 Å². The third-order valence-electron chi connectivity index (χ3n) is 4.91. The van der Waals surface area contributed by atoms with Crippen LogP contribution < -0.4 is 4.90 Å². The molecular weight excluding hydrogens is 540 g/mol. The second-order valence-electron chi connectivity index (χ2n) is 7.31. The summed E-state index contributed by atoms with van der Waals surface area (Å²) in [6.45, 7) is 3.90. The molecule has 0 aliphatic carbocycles. The van der Waals surface area contributed by atoms with E-state index in [1.165, 1.54) is 9.80 Å². The van der Waals surface area contributed by atoms with Crippen LogP contribution in [0.4, 0.5) is 36.8 Å². The molecule has 1 atom stereocenters. The topological polar surface area (TPSA) is 108 Å². The van der Waals surface area contributed by atoms with Gasteiger partial charge in [-0.2, -0.15) is 26.3 Å². The van der Waals surface area contributed by atoms with Crippen LogP contribution in [0.25, 0.3) is 0 Å². The quantitative estimate of drug-likeness (QED) is 0.437. The first kappa shape index (κ1) is 29.0. The number of rotatable bonds is 4. The lowest BCUT2D eigenvalue weighted by Crippen LogP contribution is -2.33. The van der Waals surface area contributed by atoms with Crippen molar-refractivity contribution < 1.29 is 49.5 Å². The highest BCUT2D eigenvalue weighted by Crippen LogP contribution is 2.33. The molecule has 1 aromatic heterocycles. The average molecular weight is 557 g/mol. The van der Waals surface area contributed by atoms with Crippen LogP contribution in [-0.4, -0.2) is 58.1 Å². The lowest BCUT2D eigenvalue weighted by atomic mass is 10.1. The van der Waals surface area contributed by atoms with E-state index in [1.54, 1.807) is 25.4 Å². The van der Waals surface area contributed by atoms with Gasteiger partial charge in [-0.15, -0.1) is 0 Å². The molecule has 1 aromatic carbocycles. The van der Waals surface area contributed by atoms with Gasteiger partial charge in [-0.1, -0.05) is 12.2 Å². The van der Waals surface area contributed by atoms with E-state index < -0.39 is 44.5 Å². The van der Waals surface area contributed by atoms with Crippen LogP contribution in [-0.2, 0) is 21.2 Å². The predicted octanol–water partition coefficient (Wildman–Crippen LogP) is 4.47. The number of halogens is 6. The Balaban J connectivity index is 0.000000572. The van der Waals surface area contributed by atoms with Gasteiger partial charge >= 0.3 is 23.7 Å². The van der Waals surface area contributed by atoms with Crippen LogP contribution in [0.2, 0.25) is 0 Å². The summed E-state index contributed by atoms with van der Waals surface area (Å²) in [5, 5.41) is 7.12. The molecule has 0 unspecified atom stereocenters. The monoisotopic (exact) mass is 557 g/mol. The SMILES string of the molecule is Cc1cnccc1CN1C(=O)N(c2ccc(S(=O)(=O)C(F)(F)F)cc2)C(=S)[C@H]1C.O=C(O)C(F)(F)F. The summed E-state index contributed by atoms with van der Waals surface area (Å²) in [7, 11) is -5.46. The maximum Gasteiger partial charge on any atom is 0.501 e. The molecular formula is C20H17F6N3O5S2. The fourth-order valence-corrected chi connectivity index (χ4v) is 3.99. The Kier molecular flexibility index (Phi) is 8.35. The van der Waals surface area contributed by atoms with Crippen LogP contribution in [0, 0.1) is 6.92 Å². The number of aryl methyl sites for hydroxylation is 1. The summed E-state index contributed by atoms with van der Waals surface area (Å²) in [5.74, 6) is -2.76. The number of hydrogen-bond donors (Lipinski definition) is 1. The number of alkyl halides is 6. The second-order valence-corrected chi connectivity index (χ2v) is 9.67. The maximum atomic E-state index is 12.9. The number of benzene rings is 1. The van der Waals surface area contributed by atoms with E-state index in [4.69, 9.17) is 22.1 Å². The van der Waals surface area contributed by atoms with E-state index in [2.05, 4.69) is 4.98 Å². The van der Waals surface area contributed by atoms with Crippen molar-refractivity contribution >= 4 is 44.7 Å². The number of carboxylic acid groups (broad SMARTS) is 1. The number of thiocarbonyl (C=S) groups is 1. The van der Waals surface area contributed by atoms with Crippen LogP contribution in [0.15, 0.2) is 47.6 Å². The Bertz CT molecular complexity index is 1260. The number of aromatic nitrogens is 1. The second kappa shape index (κ2) is 10.4. The van der Waals surface area contributed by atoms with E-state index in [1.807, 2.05) is 6.92 Å². The van der Waals surface area contributed by atoms with E-state index >= 15 is 0 Å². The predicted molar refractivity (Wildman–Crippen MR) is 118 cm³/mol. The van der Waals surface area contributed by atoms with Crippen LogP contribution >= 0.6 is 12.2 Å². The summed E-state index contributed by atoms with van der Waals surface area (Å²) in [6, 6.07) is 4.82. The summed E-state index contributed by atoms with van der Waals surface area (Å²) in [5.41, 5.74) is -3.42. The van der Waals surface area contributed by atoms with Crippen molar-refractivity contribution in [3.05, 3.63) is 53.9 Å². The van der Waals surface area contributed by atoms with Crippen LogP contribution in [0.5, 0.6) is 0 Å². The number of carbonyl (C=O) groups excluding carboxylic acids is 1. The Labute approximate surface area is 206 Å². The maximum absolute atomic E-state index is 12.9. The zero-order chi connectivity index (χ0) is 27.6. The summed E-state index contributed by atoms with van der Waals surface area (Å²) in [4.78, 5) is 27.9. The van der Waals surface area contributed by atoms with Crippen molar-refractivity contribution in [1.82, 2.24) is 9.88 Å². The molecule has 0 saturated carbocycles. The minimum absolute atomic E-state index is 0.196. The third-order valence-corrected chi connectivity index (χ3v) is 6.94.